The summed E-state index contributed by atoms with van der Waals surface area (Å²) in [5.41, 5.74) is 4.71. The predicted molar refractivity (Wildman–Crippen MR) is 111 cm³/mol. The van der Waals surface area contributed by atoms with E-state index in [2.05, 4.69) is 10.7 Å². The van der Waals surface area contributed by atoms with Gasteiger partial charge in [-0.05, 0) is 42.0 Å². The molecule has 1 unspecified atom stereocenters. The van der Waals surface area contributed by atoms with Crippen LogP contribution in [0.4, 0.5) is 5.69 Å². The van der Waals surface area contributed by atoms with Gasteiger partial charge in [0.2, 0.25) is 0 Å². The molecule has 0 saturated heterocycles. The second-order valence-electron chi connectivity index (χ2n) is 6.46. The van der Waals surface area contributed by atoms with Gasteiger partial charge in [-0.25, -0.2) is 5.01 Å². The van der Waals surface area contributed by atoms with Crippen LogP contribution in [0.2, 0.25) is 5.02 Å². The predicted octanol–water partition coefficient (Wildman–Crippen LogP) is 4.02. The van der Waals surface area contributed by atoms with Gasteiger partial charge in [0.25, 0.3) is 11.8 Å². The Balaban J connectivity index is 1.53. The van der Waals surface area contributed by atoms with Crippen molar-refractivity contribution in [2.24, 2.45) is 0 Å². The molecule has 0 aromatic heterocycles. The Bertz CT molecular complexity index is 1020. The number of hydrazine groups is 1. The summed E-state index contributed by atoms with van der Waals surface area (Å²) in [6.07, 6.45) is -0.543. The number of nitrogens with zero attached hydrogens (tertiary/aromatic N) is 1. The number of anilines is 1. The Labute approximate surface area is 173 Å². The Hall–Kier alpha value is -3.51. The fraction of sp³-hybridized carbons (Fsp3) is 0.0909. The number of amides is 2. The van der Waals surface area contributed by atoms with E-state index in [1.165, 1.54) is 5.01 Å². The maximum Gasteiger partial charge on any atom is 0.276 e. The number of halogens is 1. The minimum atomic E-state index is -0.543. The normalized spacial score (nSPS) is 15.3. The van der Waals surface area contributed by atoms with Crippen molar-refractivity contribution in [3.8, 4) is 5.75 Å². The molecule has 0 radical (unpaired) electrons. The van der Waals surface area contributed by atoms with Gasteiger partial charge >= 0.3 is 0 Å². The lowest BCUT2D eigenvalue weighted by Crippen LogP contribution is -2.53. The SMILES string of the molecule is O=C(COc1ccc(Cl)cc1)NN1C(=O)c2ccccc2NC1c1ccccc1. The number of benzene rings is 3. The number of hydrogen-bond acceptors (Lipinski definition) is 4. The lowest BCUT2D eigenvalue weighted by molar-refractivity contribution is -0.127. The van der Waals surface area contributed by atoms with Crippen molar-refractivity contribution in [1.29, 1.82) is 0 Å². The number of fused-ring (bicyclic) bond motifs is 1. The second-order valence-corrected chi connectivity index (χ2v) is 6.89. The van der Waals surface area contributed by atoms with E-state index < -0.39 is 12.1 Å². The third-order valence-corrected chi connectivity index (χ3v) is 4.72. The number of nitrogens with one attached hydrogen (secondary N) is 2. The molecule has 29 heavy (non-hydrogen) atoms. The molecule has 2 amide bonds. The van der Waals surface area contributed by atoms with E-state index in [0.717, 1.165) is 5.56 Å². The molecule has 3 aromatic carbocycles. The first-order valence-corrected chi connectivity index (χ1v) is 9.41. The van der Waals surface area contributed by atoms with Crippen molar-refractivity contribution in [3.63, 3.8) is 0 Å². The van der Waals surface area contributed by atoms with Crippen molar-refractivity contribution in [2.75, 3.05) is 11.9 Å². The summed E-state index contributed by atoms with van der Waals surface area (Å²) in [5.74, 6) is -0.235. The highest BCUT2D eigenvalue weighted by Gasteiger charge is 2.34. The summed E-state index contributed by atoms with van der Waals surface area (Å²) in [6.45, 7) is -0.241. The highest BCUT2D eigenvalue weighted by atomic mass is 35.5. The number of para-hydroxylation sites is 1. The Kier molecular flexibility index (Phi) is 5.35. The molecule has 146 valence electrons. The second kappa shape index (κ2) is 8.24. The zero-order valence-electron chi connectivity index (χ0n) is 15.3. The molecule has 0 saturated carbocycles. The first-order valence-electron chi connectivity index (χ1n) is 9.04. The van der Waals surface area contributed by atoms with Crippen LogP contribution in [0, 0.1) is 0 Å². The van der Waals surface area contributed by atoms with Gasteiger partial charge in [-0.1, -0.05) is 54.1 Å². The molecule has 7 heteroatoms. The van der Waals surface area contributed by atoms with Crippen LogP contribution in [0.5, 0.6) is 5.75 Å². The van der Waals surface area contributed by atoms with E-state index in [0.29, 0.717) is 22.0 Å². The number of rotatable bonds is 5. The summed E-state index contributed by atoms with van der Waals surface area (Å²) < 4.78 is 5.48. The van der Waals surface area contributed by atoms with Crippen LogP contribution < -0.4 is 15.5 Å². The first kappa shape index (κ1) is 18.8. The molecule has 4 rings (SSSR count). The molecule has 3 aromatic rings. The summed E-state index contributed by atoms with van der Waals surface area (Å²) in [4.78, 5) is 25.6. The van der Waals surface area contributed by atoms with Gasteiger partial charge in [0.1, 0.15) is 11.9 Å². The fourth-order valence-electron chi connectivity index (χ4n) is 3.08. The molecule has 0 aliphatic carbocycles. The molecule has 1 aliphatic heterocycles. The number of carbonyl (C=O) groups is 2. The van der Waals surface area contributed by atoms with Crippen LogP contribution in [0.1, 0.15) is 22.1 Å². The Morgan fingerprint density at radius 1 is 1.00 bits per heavy atom. The maximum absolute atomic E-state index is 13.1. The summed E-state index contributed by atoms with van der Waals surface area (Å²) >= 11 is 5.85. The standard InChI is InChI=1S/C22H18ClN3O3/c23-16-10-12-17(13-11-16)29-14-20(27)25-26-21(15-6-2-1-3-7-15)24-19-9-5-4-8-18(19)22(26)28/h1-13,21,24H,14H2,(H,25,27). The summed E-state index contributed by atoms with van der Waals surface area (Å²) in [6, 6.07) is 23.3. The van der Waals surface area contributed by atoms with Crippen molar-refractivity contribution in [3.05, 3.63) is 95.0 Å². The molecule has 6 nitrogen and oxygen atoms in total. The fourth-order valence-corrected chi connectivity index (χ4v) is 3.21. The number of hydrogen-bond donors (Lipinski definition) is 2. The van der Waals surface area contributed by atoms with Crippen LogP contribution >= 0.6 is 11.6 Å². The van der Waals surface area contributed by atoms with Gasteiger partial charge in [-0.3, -0.25) is 15.0 Å². The van der Waals surface area contributed by atoms with E-state index in [9.17, 15) is 9.59 Å². The minimum Gasteiger partial charge on any atom is -0.484 e. The third-order valence-electron chi connectivity index (χ3n) is 4.47. The van der Waals surface area contributed by atoms with E-state index in [1.54, 1.807) is 36.4 Å². The molecule has 0 spiro atoms. The van der Waals surface area contributed by atoms with Crippen LogP contribution in [-0.4, -0.2) is 23.4 Å². The quantitative estimate of drug-likeness (QED) is 0.670. The molecule has 0 fully saturated rings. The molecule has 1 heterocycles. The smallest absolute Gasteiger partial charge is 0.276 e. The van der Waals surface area contributed by atoms with Crippen molar-refractivity contribution < 1.29 is 14.3 Å². The Morgan fingerprint density at radius 2 is 1.69 bits per heavy atom. The lowest BCUT2D eigenvalue weighted by atomic mass is 10.1. The van der Waals surface area contributed by atoms with E-state index in [4.69, 9.17) is 16.3 Å². The highest BCUT2D eigenvalue weighted by molar-refractivity contribution is 6.30. The zero-order valence-corrected chi connectivity index (χ0v) is 16.1. The maximum atomic E-state index is 13.1. The highest BCUT2D eigenvalue weighted by Crippen LogP contribution is 2.31. The Morgan fingerprint density at radius 3 is 2.45 bits per heavy atom. The number of ether oxygens (including phenoxy) is 1. The molecule has 1 aliphatic rings. The minimum absolute atomic E-state index is 0.241. The largest absolute Gasteiger partial charge is 0.484 e. The molecule has 1 atom stereocenters. The average Bonchev–Trinajstić information content (AvgIpc) is 2.76. The van der Waals surface area contributed by atoms with Gasteiger partial charge in [0.15, 0.2) is 6.61 Å². The van der Waals surface area contributed by atoms with Gasteiger partial charge in [-0.15, -0.1) is 0 Å². The van der Waals surface area contributed by atoms with Crippen LogP contribution in [-0.2, 0) is 4.79 Å². The van der Waals surface area contributed by atoms with Crippen LogP contribution in [0.3, 0.4) is 0 Å². The summed E-state index contributed by atoms with van der Waals surface area (Å²) in [5, 5.41) is 5.19. The third kappa shape index (κ3) is 4.17. The zero-order chi connectivity index (χ0) is 20.2. The van der Waals surface area contributed by atoms with E-state index in [1.807, 2.05) is 42.5 Å². The molecule has 2 N–H and O–H groups in total. The molecular formula is C22H18ClN3O3. The van der Waals surface area contributed by atoms with E-state index in [-0.39, 0.29) is 12.5 Å². The van der Waals surface area contributed by atoms with Crippen molar-refractivity contribution in [1.82, 2.24) is 10.4 Å². The van der Waals surface area contributed by atoms with Crippen molar-refractivity contribution >= 4 is 29.1 Å². The summed E-state index contributed by atoms with van der Waals surface area (Å²) in [7, 11) is 0. The van der Waals surface area contributed by atoms with E-state index >= 15 is 0 Å². The van der Waals surface area contributed by atoms with Gasteiger partial charge < -0.3 is 10.1 Å². The van der Waals surface area contributed by atoms with Crippen LogP contribution in [0.25, 0.3) is 0 Å². The average molecular weight is 408 g/mol. The van der Waals surface area contributed by atoms with Gasteiger partial charge in [0.05, 0.1) is 5.56 Å². The van der Waals surface area contributed by atoms with Gasteiger partial charge in [0, 0.05) is 10.7 Å². The van der Waals surface area contributed by atoms with Gasteiger partial charge in [-0.2, -0.15) is 0 Å². The van der Waals surface area contributed by atoms with Crippen LogP contribution in [0.15, 0.2) is 78.9 Å². The number of carbonyl (C=O) groups excluding carboxylic acids is 2. The topological polar surface area (TPSA) is 70.7 Å². The molecule has 0 bridgehead atoms. The first-order chi connectivity index (χ1) is 14.1. The monoisotopic (exact) mass is 407 g/mol. The lowest BCUT2D eigenvalue weighted by Gasteiger charge is -2.37. The molecular weight excluding hydrogens is 390 g/mol. The van der Waals surface area contributed by atoms with Crippen molar-refractivity contribution in [2.45, 2.75) is 6.17 Å².